The van der Waals surface area contributed by atoms with Crippen molar-refractivity contribution >= 4 is 11.0 Å². The number of fused-ring (bicyclic) bond motifs is 1. The second-order valence-electron chi connectivity index (χ2n) is 8.03. The highest BCUT2D eigenvalue weighted by Gasteiger charge is 2.40. The number of ether oxygens (including phenoxy) is 1. The van der Waals surface area contributed by atoms with Gasteiger partial charge in [0.05, 0.1) is 16.5 Å². The van der Waals surface area contributed by atoms with Crippen LogP contribution in [0.2, 0.25) is 0 Å². The number of alkyl halides is 3. The van der Waals surface area contributed by atoms with Crippen molar-refractivity contribution in [2.75, 3.05) is 13.1 Å². The summed E-state index contributed by atoms with van der Waals surface area (Å²) in [4.78, 5) is 14.2. The van der Waals surface area contributed by atoms with Gasteiger partial charge in [-0.2, -0.15) is 13.2 Å². The molecule has 3 aromatic rings. The zero-order chi connectivity index (χ0) is 22.3. The van der Waals surface area contributed by atoms with Crippen molar-refractivity contribution in [3.63, 3.8) is 0 Å². The van der Waals surface area contributed by atoms with Gasteiger partial charge in [-0.3, -0.25) is 4.79 Å². The minimum atomic E-state index is -4.88. The number of rotatable bonds is 3. The van der Waals surface area contributed by atoms with E-state index in [1.807, 2.05) is 13.8 Å². The first kappa shape index (κ1) is 21.4. The average Bonchev–Trinajstić information content (AvgIpc) is 2.69. The maximum absolute atomic E-state index is 13.9. The van der Waals surface area contributed by atoms with Crippen LogP contribution in [0.1, 0.15) is 25.2 Å². The van der Waals surface area contributed by atoms with Crippen LogP contribution in [-0.4, -0.2) is 30.4 Å². The summed E-state index contributed by atoms with van der Waals surface area (Å²) in [6.45, 7) is 5.31. The first-order valence-corrected chi connectivity index (χ1v) is 10.1. The molecule has 2 heterocycles. The number of phenolic OH excluding ortho intramolecular Hbond substituents is 1. The summed E-state index contributed by atoms with van der Waals surface area (Å²) in [6, 6.07) is 10.3. The lowest BCUT2D eigenvalue weighted by molar-refractivity contribution is -0.928. The van der Waals surface area contributed by atoms with E-state index in [0.29, 0.717) is 13.1 Å². The van der Waals surface area contributed by atoms with Crippen LogP contribution in [0.4, 0.5) is 13.2 Å². The van der Waals surface area contributed by atoms with Crippen molar-refractivity contribution in [1.82, 2.24) is 0 Å². The Morgan fingerprint density at radius 3 is 2.32 bits per heavy atom. The topological polar surface area (TPSA) is 64.1 Å². The third kappa shape index (κ3) is 4.18. The molecule has 1 saturated heterocycles. The maximum Gasteiger partial charge on any atom is 0.450 e. The molecule has 0 spiro atoms. The molecule has 31 heavy (non-hydrogen) atoms. The highest BCUT2D eigenvalue weighted by Crippen LogP contribution is 2.38. The van der Waals surface area contributed by atoms with Crippen molar-refractivity contribution in [2.45, 2.75) is 38.8 Å². The van der Waals surface area contributed by atoms with Gasteiger partial charge in [-0.25, -0.2) is 0 Å². The summed E-state index contributed by atoms with van der Waals surface area (Å²) >= 11 is 0. The molecule has 8 heteroatoms. The van der Waals surface area contributed by atoms with Crippen molar-refractivity contribution < 1.29 is 32.3 Å². The highest BCUT2D eigenvalue weighted by atomic mass is 19.4. The van der Waals surface area contributed by atoms with Gasteiger partial charge in [-0.05, 0) is 31.5 Å². The van der Waals surface area contributed by atoms with Crippen molar-refractivity contribution in [3.05, 3.63) is 64.0 Å². The predicted molar refractivity (Wildman–Crippen MR) is 109 cm³/mol. The molecule has 0 radical (unpaired) electrons. The van der Waals surface area contributed by atoms with Gasteiger partial charge in [0.1, 0.15) is 37.6 Å². The summed E-state index contributed by atoms with van der Waals surface area (Å²) in [7, 11) is 0. The maximum atomic E-state index is 13.9. The summed E-state index contributed by atoms with van der Waals surface area (Å²) < 4.78 is 52.8. The van der Waals surface area contributed by atoms with E-state index in [-0.39, 0.29) is 46.6 Å². The van der Waals surface area contributed by atoms with Crippen molar-refractivity contribution in [2.24, 2.45) is 0 Å². The number of hydrogen-bond acceptors (Lipinski definition) is 4. The van der Waals surface area contributed by atoms with E-state index in [4.69, 9.17) is 9.15 Å². The van der Waals surface area contributed by atoms with Gasteiger partial charge in [0.25, 0.3) is 0 Å². The molecule has 2 N–H and O–H groups in total. The summed E-state index contributed by atoms with van der Waals surface area (Å²) in [5.41, 5.74) is -1.22. The molecule has 0 saturated carbocycles. The molecule has 0 amide bonds. The van der Waals surface area contributed by atoms with Gasteiger partial charge in [0.2, 0.25) is 11.2 Å². The number of phenols is 1. The Morgan fingerprint density at radius 2 is 1.71 bits per heavy atom. The van der Waals surface area contributed by atoms with Gasteiger partial charge in [0.15, 0.2) is 5.58 Å². The van der Waals surface area contributed by atoms with Crippen LogP contribution >= 0.6 is 0 Å². The lowest BCUT2D eigenvalue weighted by Crippen LogP contribution is -3.14. The molecule has 1 fully saturated rings. The Kier molecular flexibility index (Phi) is 5.53. The van der Waals surface area contributed by atoms with Crippen LogP contribution in [-0.2, 0) is 17.5 Å². The SMILES string of the molecule is C[C@H]1C[NH+](Cc2c(O)ccc3c(=O)c(-c4ccccc4)c(C(F)(F)F)oc23)C[C@H](C)O1. The van der Waals surface area contributed by atoms with Gasteiger partial charge < -0.3 is 19.2 Å². The molecule has 0 bridgehead atoms. The van der Waals surface area contributed by atoms with E-state index in [1.54, 1.807) is 18.2 Å². The van der Waals surface area contributed by atoms with Gasteiger partial charge >= 0.3 is 6.18 Å². The molecule has 4 rings (SSSR count). The quantitative estimate of drug-likeness (QED) is 0.664. The van der Waals surface area contributed by atoms with E-state index >= 15 is 0 Å². The second-order valence-corrected chi connectivity index (χ2v) is 8.03. The normalized spacial score (nSPS) is 22.0. The molecule has 2 atom stereocenters. The molecular formula is C23H23F3NO4+. The number of quaternary nitrogens is 1. The summed E-state index contributed by atoms with van der Waals surface area (Å²) in [5, 5.41) is 10.5. The molecule has 1 aliphatic rings. The summed E-state index contributed by atoms with van der Waals surface area (Å²) in [5.74, 6) is -1.56. The fraction of sp³-hybridized carbons (Fsp3) is 0.348. The van der Waals surface area contributed by atoms with Crippen LogP contribution in [0.3, 0.4) is 0 Å². The van der Waals surface area contributed by atoms with Crippen molar-refractivity contribution in [3.8, 4) is 16.9 Å². The van der Waals surface area contributed by atoms with Crippen molar-refractivity contribution in [1.29, 1.82) is 0 Å². The van der Waals surface area contributed by atoms with E-state index in [0.717, 1.165) is 4.90 Å². The highest BCUT2D eigenvalue weighted by molar-refractivity contribution is 5.86. The minimum absolute atomic E-state index is 0.00779. The first-order chi connectivity index (χ1) is 14.6. The number of nitrogens with one attached hydrogen (secondary N) is 1. The minimum Gasteiger partial charge on any atom is -0.507 e. The predicted octanol–water partition coefficient (Wildman–Crippen LogP) is 3.38. The van der Waals surface area contributed by atoms with Gasteiger partial charge in [0, 0.05) is 0 Å². The lowest BCUT2D eigenvalue weighted by Gasteiger charge is -2.32. The van der Waals surface area contributed by atoms with E-state index in [9.17, 15) is 23.1 Å². The molecule has 1 aromatic heterocycles. The number of morpholine rings is 1. The van der Waals surface area contributed by atoms with E-state index < -0.39 is 22.9 Å². The molecule has 5 nitrogen and oxygen atoms in total. The number of halogens is 3. The van der Waals surface area contributed by atoms with E-state index in [1.165, 1.54) is 24.3 Å². The van der Waals surface area contributed by atoms with E-state index in [2.05, 4.69) is 0 Å². The van der Waals surface area contributed by atoms with Crippen LogP contribution < -0.4 is 10.3 Å². The third-order valence-corrected chi connectivity index (χ3v) is 5.50. The second kappa shape index (κ2) is 8.01. The van der Waals surface area contributed by atoms with Gasteiger partial charge in [-0.15, -0.1) is 0 Å². The Hall–Kier alpha value is -2.84. The zero-order valence-corrected chi connectivity index (χ0v) is 17.1. The Morgan fingerprint density at radius 1 is 1.06 bits per heavy atom. The van der Waals surface area contributed by atoms with Gasteiger partial charge in [-0.1, -0.05) is 30.3 Å². The Bertz CT molecular complexity index is 1150. The smallest absolute Gasteiger partial charge is 0.450 e. The summed E-state index contributed by atoms with van der Waals surface area (Å²) in [6.07, 6.45) is -4.94. The number of benzene rings is 2. The van der Waals surface area contributed by atoms with Crippen LogP contribution in [0.5, 0.6) is 5.75 Å². The zero-order valence-electron chi connectivity index (χ0n) is 17.1. The van der Waals surface area contributed by atoms with Crippen LogP contribution in [0.15, 0.2) is 51.7 Å². The first-order valence-electron chi connectivity index (χ1n) is 10.1. The molecular weight excluding hydrogens is 411 g/mol. The lowest BCUT2D eigenvalue weighted by atomic mass is 10.00. The third-order valence-electron chi connectivity index (χ3n) is 5.50. The molecule has 164 valence electrons. The average molecular weight is 434 g/mol. The van der Waals surface area contributed by atoms with Crippen LogP contribution in [0, 0.1) is 0 Å². The molecule has 1 aliphatic heterocycles. The number of hydrogen-bond donors (Lipinski definition) is 2. The fourth-order valence-corrected chi connectivity index (χ4v) is 4.32. The Labute approximate surface area is 176 Å². The Balaban J connectivity index is 1.92. The molecule has 0 unspecified atom stereocenters. The monoisotopic (exact) mass is 434 g/mol. The van der Waals surface area contributed by atoms with Crippen LogP contribution in [0.25, 0.3) is 22.1 Å². The molecule has 0 aliphatic carbocycles. The number of aromatic hydroxyl groups is 1. The molecule has 2 aromatic carbocycles. The fourth-order valence-electron chi connectivity index (χ4n) is 4.32. The standard InChI is InChI=1S/C23H22F3NO4/c1-13-10-27(11-14(2)30-13)12-17-18(28)9-8-16-20(29)19(15-6-4-3-5-7-15)22(23(24,25)26)31-21(16)17/h3-9,13-14,28H,10-12H2,1-2H3/p+1/t13-,14-/m0/s1. The largest absolute Gasteiger partial charge is 0.507 e.